The topological polar surface area (TPSA) is 12.0 Å². The van der Waals surface area contributed by atoms with Crippen LogP contribution in [0.2, 0.25) is 5.02 Å². The van der Waals surface area contributed by atoms with E-state index < -0.39 is 0 Å². The Morgan fingerprint density at radius 3 is 2.45 bits per heavy atom. The highest BCUT2D eigenvalue weighted by atomic mass is 35.5. The molecule has 1 unspecified atom stereocenters. The zero-order chi connectivity index (χ0) is 14.5. The van der Waals surface area contributed by atoms with Gasteiger partial charge in [0, 0.05) is 5.02 Å². The van der Waals surface area contributed by atoms with Gasteiger partial charge in [-0.15, -0.1) is 0 Å². The van der Waals surface area contributed by atoms with Crippen LogP contribution in [0.4, 0.5) is 0 Å². The highest BCUT2D eigenvalue weighted by molar-refractivity contribution is 6.31. The quantitative estimate of drug-likeness (QED) is 0.812. The summed E-state index contributed by atoms with van der Waals surface area (Å²) in [6.45, 7) is 7.38. The molecule has 2 rings (SSSR count). The van der Waals surface area contributed by atoms with Crippen molar-refractivity contribution < 1.29 is 0 Å². The third-order valence-electron chi connectivity index (χ3n) is 3.49. The molecule has 1 atom stereocenters. The molecule has 0 fully saturated rings. The van der Waals surface area contributed by atoms with Crippen LogP contribution in [0.5, 0.6) is 0 Å². The van der Waals surface area contributed by atoms with Crippen molar-refractivity contribution in [2.24, 2.45) is 0 Å². The molecule has 0 bridgehead atoms. The van der Waals surface area contributed by atoms with Gasteiger partial charge in [-0.3, -0.25) is 0 Å². The number of aryl methyl sites for hydroxylation is 2. The first-order chi connectivity index (χ1) is 9.61. The minimum atomic E-state index is 0.228. The van der Waals surface area contributed by atoms with Gasteiger partial charge in [-0.05, 0) is 49.6 Å². The third-order valence-corrected chi connectivity index (χ3v) is 3.91. The Balaban J connectivity index is 2.38. The molecule has 2 aromatic rings. The summed E-state index contributed by atoms with van der Waals surface area (Å²) in [5.41, 5.74) is 4.99. The van der Waals surface area contributed by atoms with Crippen LogP contribution in [0.3, 0.4) is 0 Å². The van der Waals surface area contributed by atoms with Crippen LogP contribution in [0.15, 0.2) is 42.5 Å². The Labute approximate surface area is 127 Å². The number of benzene rings is 2. The van der Waals surface area contributed by atoms with Crippen LogP contribution >= 0.6 is 11.6 Å². The van der Waals surface area contributed by atoms with E-state index in [2.05, 4.69) is 62.5 Å². The fraction of sp³-hybridized carbons (Fsp3) is 0.333. The zero-order valence-electron chi connectivity index (χ0n) is 12.4. The van der Waals surface area contributed by atoms with E-state index in [4.69, 9.17) is 11.6 Å². The molecule has 0 radical (unpaired) electrons. The number of hydrogen-bond acceptors (Lipinski definition) is 1. The standard InChI is InChI=1S/C18H22ClN/c1-4-10-20-18(15-7-5-6-13(2)11-15)16-8-9-17(19)14(3)12-16/h5-9,11-12,18,20H,4,10H2,1-3H3. The van der Waals surface area contributed by atoms with Crippen molar-refractivity contribution in [1.82, 2.24) is 5.32 Å². The summed E-state index contributed by atoms with van der Waals surface area (Å²) in [5, 5.41) is 4.46. The lowest BCUT2D eigenvalue weighted by atomic mass is 9.96. The minimum Gasteiger partial charge on any atom is -0.306 e. The van der Waals surface area contributed by atoms with Crippen molar-refractivity contribution >= 4 is 11.6 Å². The Morgan fingerprint density at radius 2 is 1.80 bits per heavy atom. The van der Waals surface area contributed by atoms with Gasteiger partial charge in [0.05, 0.1) is 6.04 Å². The van der Waals surface area contributed by atoms with E-state index in [0.717, 1.165) is 23.6 Å². The SMILES string of the molecule is CCCNC(c1cccc(C)c1)c1ccc(Cl)c(C)c1. The molecule has 0 aliphatic rings. The second kappa shape index (κ2) is 6.92. The van der Waals surface area contributed by atoms with Crippen LogP contribution in [-0.4, -0.2) is 6.54 Å². The number of halogens is 1. The average Bonchev–Trinajstić information content (AvgIpc) is 2.43. The van der Waals surface area contributed by atoms with Crippen LogP contribution in [0.25, 0.3) is 0 Å². The van der Waals surface area contributed by atoms with E-state index in [0.29, 0.717) is 0 Å². The molecule has 2 heteroatoms. The summed E-state index contributed by atoms with van der Waals surface area (Å²) in [5.74, 6) is 0. The molecule has 0 aromatic heterocycles. The maximum absolute atomic E-state index is 6.14. The van der Waals surface area contributed by atoms with Crippen molar-refractivity contribution in [1.29, 1.82) is 0 Å². The van der Waals surface area contributed by atoms with Crippen molar-refractivity contribution in [3.8, 4) is 0 Å². The van der Waals surface area contributed by atoms with Gasteiger partial charge in [0.15, 0.2) is 0 Å². The predicted molar refractivity (Wildman–Crippen MR) is 87.5 cm³/mol. The normalized spacial score (nSPS) is 12.4. The molecule has 0 spiro atoms. The van der Waals surface area contributed by atoms with Gasteiger partial charge in [-0.25, -0.2) is 0 Å². The number of nitrogens with one attached hydrogen (secondary N) is 1. The van der Waals surface area contributed by atoms with Gasteiger partial charge >= 0.3 is 0 Å². The predicted octanol–water partition coefficient (Wildman–Crippen LogP) is 5.05. The molecule has 106 valence electrons. The summed E-state index contributed by atoms with van der Waals surface area (Å²) in [7, 11) is 0. The van der Waals surface area contributed by atoms with E-state index in [9.17, 15) is 0 Å². The minimum absolute atomic E-state index is 0.228. The first kappa shape index (κ1) is 15.1. The van der Waals surface area contributed by atoms with Gasteiger partial charge in [0.1, 0.15) is 0 Å². The van der Waals surface area contributed by atoms with Gasteiger partial charge in [-0.2, -0.15) is 0 Å². The Morgan fingerprint density at radius 1 is 1.05 bits per heavy atom. The Hall–Kier alpha value is -1.31. The average molecular weight is 288 g/mol. The Kier molecular flexibility index (Phi) is 5.22. The molecular formula is C18H22ClN. The van der Waals surface area contributed by atoms with Crippen LogP contribution < -0.4 is 5.32 Å². The second-order valence-corrected chi connectivity index (χ2v) is 5.72. The highest BCUT2D eigenvalue weighted by Crippen LogP contribution is 2.26. The van der Waals surface area contributed by atoms with Gasteiger partial charge in [0.25, 0.3) is 0 Å². The van der Waals surface area contributed by atoms with Gasteiger partial charge in [0.2, 0.25) is 0 Å². The molecular weight excluding hydrogens is 266 g/mol. The molecule has 1 N–H and O–H groups in total. The van der Waals surface area contributed by atoms with Crippen molar-refractivity contribution in [3.05, 3.63) is 69.7 Å². The van der Waals surface area contributed by atoms with Crippen molar-refractivity contribution in [3.63, 3.8) is 0 Å². The molecule has 0 saturated heterocycles. The van der Waals surface area contributed by atoms with Crippen molar-refractivity contribution in [2.45, 2.75) is 33.2 Å². The van der Waals surface area contributed by atoms with Crippen LogP contribution in [-0.2, 0) is 0 Å². The maximum atomic E-state index is 6.14. The maximum Gasteiger partial charge on any atom is 0.0576 e. The molecule has 0 aliphatic carbocycles. The monoisotopic (exact) mass is 287 g/mol. The zero-order valence-corrected chi connectivity index (χ0v) is 13.2. The molecule has 0 heterocycles. The van der Waals surface area contributed by atoms with Gasteiger partial charge < -0.3 is 5.32 Å². The number of rotatable bonds is 5. The molecule has 20 heavy (non-hydrogen) atoms. The lowest BCUT2D eigenvalue weighted by molar-refractivity contribution is 0.598. The summed E-state index contributed by atoms with van der Waals surface area (Å²) in [6, 6.07) is 15.2. The fourth-order valence-corrected chi connectivity index (χ4v) is 2.53. The van der Waals surface area contributed by atoms with E-state index >= 15 is 0 Å². The first-order valence-corrected chi connectivity index (χ1v) is 7.55. The fourth-order valence-electron chi connectivity index (χ4n) is 2.41. The molecule has 0 aliphatic heterocycles. The highest BCUT2D eigenvalue weighted by Gasteiger charge is 2.14. The smallest absolute Gasteiger partial charge is 0.0576 e. The Bertz CT molecular complexity index is 577. The second-order valence-electron chi connectivity index (χ2n) is 5.31. The molecule has 0 amide bonds. The summed E-state index contributed by atoms with van der Waals surface area (Å²) in [4.78, 5) is 0. The van der Waals surface area contributed by atoms with E-state index in [1.54, 1.807) is 0 Å². The first-order valence-electron chi connectivity index (χ1n) is 7.18. The summed E-state index contributed by atoms with van der Waals surface area (Å²) >= 11 is 6.14. The summed E-state index contributed by atoms with van der Waals surface area (Å²) < 4.78 is 0. The van der Waals surface area contributed by atoms with Crippen LogP contribution in [0, 0.1) is 13.8 Å². The lowest BCUT2D eigenvalue weighted by Crippen LogP contribution is -2.23. The third kappa shape index (κ3) is 3.62. The largest absolute Gasteiger partial charge is 0.306 e. The number of hydrogen-bond donors (Lipinski definition) is 1. The van der Waals surface area contributed by atoms with Gasteiger partial charge in [-0.1, -0.05) is 60.5 Å². The molecule has 2 aromatic carbocycles. The van der Waals surface area contributed by atoms with E-state index in [-0.39, 0.29) is 6.04 Å². The van der Waals surface area contributed by atoms with Crippen LogP contribution in [0.1, 0.15) is 41.6 Å². The lowest BCUT2D eigenvalue weighted by Gasteiger charge is -2.21. The summed E-state index contributed by atoms with van der Waals surface area (Å²) in [6.07, 6.45) is 1.12. The van der Waals surface area contributed by atoms with E-state index in [1.165, 1.54) is 16.7 Å². The van der Waals surface area contributed by atoms with E-state index in [1.807, 2.05) is 6.07 Å². The van der Waals surface area contributed by atoms with Crippen molar-refractivity contribution in [2.75, 3.05) is 6.54 Å². The molecule has 1 nitrogen and oxygen atoms in total. The molecule has 0 saturated carbocycles.